The molecule has 0 aromatic rings. The van der Waals surface area contributed by atoms with Gasteiger partial charge in [-0.05, 0) is 6.54 Å². The van der Waals surface area contributed by atoms with Gasteiger partial charge in [-0.2, -0.15) is 0 Å². The Balaban J connectivity index is 2.34. The number of likely N-dealkylation sites (N-methyl/N-ethyl adjacent to an activating group) is 1. The molecule has 1 aliphatic rings. The van der Waals surface area contributed by atoms with Gasteiger partial charge in [0.25, 0.3) is 0 Å². The van der Waals surface area contributed by atoms with Crippen LogP contribution in [0, 0.1) is 0 Å². The number of rotatable bonds is 2. The second-order valence-electron chi connectivity index (χ2n) is 2.72. The SMILES string of the molecule is CCN1CCNC[C@@H]1CN. The fourth-order valence-corrected chi connectivity index (χ4v) is 1.45. The Morgan fingerprint density at radius 1 is 1.70 bits per heavy atom. The van der Waals surface area contributed by atoms with Gasteiger partial charge in [0.05, 0.1) is 0 Å². The van der Waals surface area contributed by atoms with Crippen molar-refractivity contribution in [3.05, 3.63) is 0 Å². The Kier molecular flexibility index (Phi) is 3.12. The first-order valence-corrected chi connectivity index (χ1v) is 4.03. The second-order valence-corrected chi connectivity index (χ2v) is 2.72. The van der Waals surface area contributed by atoms with Crippen molar-refractivity contribution in [2.24, 2.45) is 5.73 Å². The van der Waals surface area contributed by atoms with E-state index in [-0.39, 0.29) is 0 Å². The lowest BCUT2D eigenvalue weighted by Crippen LogP contribution is -2.54. The molecule has 1 rings (SSSR count). The standard InChI is InChI=1S/C7H17N3/c1-2-10-4-3-9-6-7(10)5-8/h7,9H,2-6,8H2,1H3/t7-/m0/s1. The third-order valence-corrected chi connectivity index (χ3v) is 2.15. The first-order chi connectivity index (χ1) is 4.88. The molecule has 0 aliphatic carbocycles. The maximum atomic E-state index is 5.59. The van der Waals surface area contributed by atoms with Gasteiger partial charge in [0.2, 0.25) is 0 Å². The van der Waals surface area contributed by atoms with Crippen LogP contribution in [0.1, 0.15) is 6.92 Å². The minimum absolute atomic E-state index is 0.568. The molecule has 0 spiro atoms. The summed E-state index contributed by atoms with van der Waals surface area (Å²) < 4.78 is 0. The average molecular weight is 143 g/mol. The van der Waals surface area contributed by atoms with Crippen LogP contribution in [-0.2, 0) is 0 Å². The fourth-order valence-electron chi connectivity index (χ4n) is 1.45. The van der Waals surface area contributed by atoms with Crippen molar-refractivity contribution >= 4 is 0 Å². The van der Waals surface area contributed by atoms with Crippen LogP contribution < -0.4 is 11.1 Å². The highest BCUT2D eigenvalue weighted by molar-refractivity contribution is 4.78. The van der Waals surface area contributed by atoms with Gasteiger partial charge in [0.15, 0.2) is 0 Å². The number of hydrogen-bond acceptors (Lipinski definition) is 3. The van der Waals surface area contributed by atoms with Gasteiger partial charge >= 0.3 is 0 Å². The third-order valence-electron chi connectivity index (χ3n) is 2.15. The number of nitrogens with zero attached hydrogens (tertiary/aromatic N) is 1. The summed E-state index contributed by atoms with van der Waals surface area (Å²) >= 11 is 0. The van der Waals surface area contributed by atoms with Crippen molar-refractivity contribution in [3.63, 3.8) is 0 Å². The molecular formula is C7H17N3. The molecule has 60 valence electrons. The van der Waals surface area contributed by atoms with Crippen LogP contribution in [0.4, 0.5) is 0 Å². The van der Waals surface area contributed by atoms with E-state index in [9.17, 15) is 0 Å². The lowest BCUT2D eigenvalue weighted by atomic mass is 10.2. The van der Waals surface area contributed by atoms with Crippen LogP contribution in [0.3, 0.4) is 0 Å². The first-order valence-electron chi connectivity index (χ1n) is 4.03. The van der Waals surface area contributed by atoms with Crippen molar-refractivity contribution < 1.29 is 0 Å². The fraction of sp³-hybridized carbons (Fsp3) is 1.00. The van der Waals surface area contributed by atoms with E-state index in [1.807, 2.05) is 0 Å². The van der Waals surface area contributed by atoms with Crippen LogP contribution >= 0.6 is 0 Å². The van der Waals surface area contributed by atoms with Gasteiger partial charge < -0.3 is 11.1 Å². The van der Waals surface area contributed by atoms with E-state index in [2.05, 4.69) is 17.1 Å². The van der Waals surface area contributed by atoms with Gasteiger partial charge in [-0.15, -0.1) is 0 Å². The summed E-state index contributed by atoms with van der Waals surface area (Å²) in [5, 5.41) is 3.33. The van der Waals surface area contributed by atoms with Crippen LogP contribution in [0.2, 0.25) is 0 Å². The molecule has 0 aromatic carbocycles. The molecule has 10 heavy (non-hydrogen) atoms. The monoisotopic (exact) mass is 143 g/mol. The van der Waals surface area contributed by atoms with Gasteiger partial charge in [-0.3, -0.25) is 4.90 Å². The van der Waals surface area contributed by atoms with Crippen LogP contribution in [-0.4, -0.2) is 43.7 Å². The molecule has 0 saturated carbocycles. The van der Waals surface area contributed by atoms with Crippen LogP contribution in [0.15, 0.2) is 0 Å². The summed E-state index contributed by atoms with van der Waals surface area (Å²) in [6.45, 7) is 7.42. The van der Waals surface area contributed by atoms with E-state index in [1.54, 1.807) is 0 Å². The molecule has 0 unspecified atom stereocenters. The molecule has 1 saturated heterocycles. The molecule has 0 amide bonds. The summed E-state index contributed by atoms with van der Waals surface area (Å²) in [6, 6.07) is 0.568. The molecule has 0 aromatic heterocycles. The number of nitrogens with two attached hydrogens (primary N) is 1. The normalized spacial score (nSPS) is 28.8. The Morgan fingerprint density at radius 3 is 3.00 bits per heavy atom. The Bertz CT molecular complexity index is 82.9. The second kappa shape index (κ2) is 3.91. The molecule has 3 N–H and O–H groups in total. The number of nitrogens with one attached hydrogen (secondary N) is 1. The zero-order valence-corrected chi connectivity index (χ0v) is 6.64. The Labute approximate surface area is 62.6 Å². The lowest BCUT2D eigenvalue weighted by molar-refractivity contribution is 0.174. The van der Waals surface area contributed by atoms with Gasteiger partial charge in [-0.1, -0.05) is 6.92 Å². The van der Waals surface area contributed by atoms with Gasteiger partial charge in [-0.25, -0.2) is 0 Å². The summed E-state index contributed by atoms with van der Waals surface area (Å²) in [4.78, 5) is 2.43. The lowest BCUT2D eigenvalue weighted by Gasteiger charge is -2.34. The summed E-state index contributed by atoms with van der Waals surface area (Å²) in [7, 11) is 0. The summed E-state index contributed by atoms with van der Waals surface area (Å²) in [5.74, 6) is 0. The maximum absolute atomic E-state index is 5.59. The topological polar surface area (TPSA) is 41.3 Å². The van der Waals surface area contributed by atoms with Crippen molar-refractivity contribution in [1.29, 1.82) is 0 Å². The van der Waals surface area contributed by atoms with Crippen LogP contribution in [0.25, 0.3) is 0 Å². The van der Waals surface area contributed by atoms with E-state index in [0.717, 1.165) is 32.7 Å². The minimum Gasteiger partial charge on any atom is -0.329 e. The molecular weight excluding hydrogens is 126 g/mol. The summed E-state index contributed by atoms with van der Waals surface area (Å²) in [6.07, 6.45) is 0. The molecule has 3 heteroatoms. The predicted octanol–water partition coefficient (Wildman–Crippen LogP) is -0.761. The van der Waals surface area contributed by atoms with E-state index in [4.69, 9.17) is 5.73 Å². The Hall–Kier alpha value is -0.120. The van der Waals surface area contributed by atoms with Crippen LogP contribution in [0.5, 0.6) is 0 Å². The highest BCUT2D eigenvalue weighted by Crippen LogP contribution is 1.99. The quantitative estimate of drug-likeness (QED) is 0.534. The molecule has 1 fully saturated rings. The van der Waals surface area contributed by atoms with E-state index in [0.29, 0.717) is 6.04 Å². The van der Waals surface area contributed by atoms with Gasteiger partial charge in [0.1, 0.15) is 0 Å². The van der Waals surface area contributed by atoms with Crippen molar-refractivity contribution in [2.45, 2.75) is 13.0 Å². The molecule has 1 atom stereocenters. The highest BCUT2D eigenvalue weighted by Gasteiger charge is 2.17. The third kappa shape index (κ3) is 1.68. The molecule has 1 heterocycles. The van der Waals surface area contributed by atoms with Gasteiger partial charge in [0, 0.05) is 32.2 Å². The number of hydrogen-bond donors (Lipinski definition) is 2. The average Bonchev–Trinajstić information content (AvgIpc) is 2.04. The molecule has 0 radical (unpaired) electrons. The predicted molar refractivity (Wildman–Crippen MR) is 43.0 cm³/mol. The minimum atomic E-state index is 0.568. The zero-order valence-electron chi connectivity index (χ0n) is 6.64. The van der Waals surface area contributed by atoms with E-state index >= 15 is 0 Å². The Morgan fingerprint density at radius 2 is 2.50 bits per heavy atom. The van der Waals surface area contributed by atoms with E-state index in [1.165, 1.54) is 0 Å². The van der Waals surface area contributed by atoms with Crippen molar-refractivity contribution in [3.8, 4) is 0 Å². The van der Waals surface area contributed by atoms with Crippen molar-refractivity contribution in [2.75, 3.05) is 32.7 Å². The largest absolute Gasteiger partial charge is 0.329 e. The molecule has 1 aliphatic heterocycles. The summed E-state index contributed by atoms with van der Waals surface area (Å²) in [5.41, 5.74) is 5.59. The highest BCUT2D eigenvalue weighted by atomic mass is 15.2. The molecule has 3 nitrogen and oxygen atoms in total. The smallest absolute Gasteiger partial charge is 0.0343 e. The zero-order chi connectivity index (χ0) is 7.40. The molecule has 0 bridgehead atoms. The van der Waals surface area contributed by atoms with E-state index < -0.39 is 0 Å². The maximum Gasteiger partial charge on any atom is 0.0343 e. The number of piperazine rings is 1. The van der Waals surface area contributed by atoms with Crippen molar-refractivity contribution in [1.82, 2.24) is 10.2 Å². The first kappa shape index (κ1) is 7.98.